The Balaban J connectivity index is 1.94. The molecule has 0 fully saturated rings. The number of hydrogen-bond donors (Lipinski definition) is 2. The van der Waals surface area contributed by atoms with Gasteiger partial charge in [-0.25, -0.2) is 0 Å². The zero-order chi connectivity index (χ0) is 15.0. The molecule has 3 heteroatoms. The fourth-order valence-electron chi connectivity index (χ4n) is 2.56. The van der Waals surface area contributed by atoms with Gasteiger partial charge < -0.3 is 10.6 Å². The first-order chi connectivity index (χ1) is 10.1. The molecule has 2 N–H and O–H groups in total. The number of nitrogens with one attached hydrogen (secondary N) is 2. The molecule has 3 nitrogen and oxygen atoms in total. The zero-order valence-corrected chi connectivity index (χ0v) is 12.4. The SMILES string of the molecule is Cc1ccc(NC=C2C(=O)Nc3cccc(C)c32)cc1C. The molecule has 0 spiro atoms. The van der Waals surface area contributed by atoms with Gasteiger partial charge in [0.05, 0.1) is 5.57 Å². The lowest BCUT2D eigenvalue weighted by molar-refractivity contribution is -0.110. The van der Waals surface area contributed by atoms with Gasteiger partial charge in [-0.15, -0.1) is 0 Å². The van der Waals surface area contributed by atoms with Crippen molar-refractivity contribution in [3.63, 3.8) is 0 Å². The first kappa shape index (κ1) is 13.4. The van der Waals surface area contributed by atoms with E-state index in [0.717, 1.165) is 22.5 Å². The standard InChI is InChI=1S/C18H18N2O/c1-11-7-8-14(9-13(11)3)19-10-15-17-12(2)5-4-6-16(17)20-18(15)21/h4-10,19H,1-3H3,(H,20,21). The maximum Gasteiger partial charge on any atom is 0.257 e. The summed E-state index contributed by atoms with van der Waals surface area (Å²) in [6, 6.07) is 12.1. The number of carbonyl (C=O) groups is 1. The molecular formula is C18H18N2O. The van der Waals surface area contributed by atoms with Crippen LogP contribution in [-0.4, -0.2) is 5.91 Å². The number of fused-ring (bicyclic) bond motifs is 1. The Hall–Kier alpha value is -2.55. The van der Waals surface area contributed by atoms with Crippen molar-refractivity contribution in [2.45, 2.75) is 20.8 Å². The Kier molecular flexibility index (Phi) is 3.26. The summed E-state index contributed by atoms with van der Waals surface area (Å²) < 4.78 is 0. The molecule has 1 amide bonds. The van der Waals surface area contributed by atoms with Crippen LogP contribution < -0.4 is 10.6 Å². The van der Waals surface area contributed by atoms with E-state index in [9.17, 15) is 4.79 Å². The number of anilines is 2. The van der Waals surface area contributed by atoms with E-state index < -0.39 is 0 Å². The number of amides is 1. The van der Waals surface area contributed by atoms with Crippen LogP contribution in [0.25, 0.3) is 5.57 Å². The summed E-state index contributed by atoms with van der Waals surface area (Å²) in [5.41, 5.74) is 7.12. The third-order valence-corrected chi connectivity index (χ3v) is 3.93. The van der Waals surface area contributed by atoms with E-state index in [0.29, 0.717) is 5.57 Å². The smallest absolute Gasteiger partial charge is 0.257 e. The third kappa shape index (κ3) is 2.42. The van der Waals surface area contributed by atoms with Gasteiger partial charge in [-0.3, -0.25) is 4.79 Å². The van der Waals surface area contributed by atoms with E-state index in [4.69, 9.17) is 0 Å². The van der Waals surface area contributed by atoms with Crippen molar-refractivity contribution in [2.75, 3.05) is 10.6 Å². The summed E-state index contributed by atoms with van der Waals surface area (Å²) in [6.07, 6.45) is 1.79. The van der Waals surface area contributed by atoms with Crippen molar-refractivity contribution < 1.29 is 4.79 Å². The van der Waals surface area contributed by atoms with Crippen molar-refractivity contribution in [3.05, 3.63) is 64.9 Å². The molecule has 0 atom stereocenters. The van der Waals surface area contributed by atoms with Crippen molar-refractivity contribution in [1.29, 1.82) is 0 Å². The zero-order valence-electron chi connectivity index (χ0n) is 12.4. The molecule has 2 aromatic rings. The molecule has 1 aliphatic rings. The lowest BCUT2D eigenvalue weighted by Gasteiger charge is -2.07. The molecule has 0 unspecified atom stereocenters. The molecule has 3 rings (SSSR count). The van der Waals surface area contributed by atoms with Gasteiger partial charge in [0.15, 0.2) is 0 Å². The van der Waals surface area contributed by atoms with Crippen LogP contribution in [0.15, 0.2) is 42.6 Å². The molecule has 0 aromatic heterocycles. The summed E-state index contributed by atoms with van der Waals surface area (Å²) in [4.78, 5) is 12.1. The molecular weight excluding hydrogens is 260 g/mol. The van der Waals surface area contributed by atoms with Gasteiger partial charge in [0.1, 0.15) is 0 Å². The summed E-state index contributed by atoms with van der Waals surface area (Å²) in [5.74, 6) is -0.0596. The second-order valence-corrected chi connectivity index (χ2v) is 5.45. The van der Waals surface area contributed by atoms with Crippen molar-refractivity contribution in [2.24, 2.45) is 0 Å². The normalized spacial score (nSPS) is 15.0. The highest BCUT2D eigenvalue weighted by Gasteiger charge is 2.25. The maximum absolute atomic E-state index is 12.1. The molecule has 0 bridgehead atoms. The minimum atomic E-state index is -0.0596. The van der Waals surface area contributed by atoms with E-state index in [1.807, 2.05) is 31.2 Å². The van der Waals surface area contributed by atoms with Crippen molar-refractivity contribution >= 4 is 22.9 Å². The molecule has 2 aromatic carbocycles. The first-order valence-corrected chi connectivity index (χ1v) is 7.01. The van der Waals surface area contributed by atoms with Crippen molar-refractivity contribution in [1.82, 2.24) is 0 Å². The van der Waals surface area contributed by atoms with Crippen LogP contribution in [0.1, 0.15) is 22.3 Å². The Labute approximate surface area is 124 Å². The Morgan fingerprint density at radius 1 is 1.00 bits per heavy atom. The molecule has 0 radical (unpaired) electrons. The molecule has 0 aliphatic carbocycles. The lowest BCUT2D eigenvalue weighted by Crippen LogP contribution is -2.05. The number of benzene rings is 2. The monoisotopic (exact) mass is 278 g/mol. The largest absolute Gasteiger partial charge is 0.361 e. The second kappa shape index (κ2) is 5.09. The molecule has 0 saturated heterocycles. The quantitative estimate of drug-likeness (QED) is 0.815. The predicted octanol–water partition coefficient (Wildman–Crippen LogP) is 4.02. The summed E-state index contributed by atoms with van der Waals surface area (Å²) >= 11 is 0. The Bertz CT molecular complexity index is 760. The van der Waals surface area contributed by atoms with Gasteiger partial charge in [-0.1, -0.05) is 18.2 Å². The van der Waals surface area contributed by atoms with E-state index in [-0.39, 0.29) is 5.91 Å². The third-order valence-electron chi connectivity index (χ3n) is 3.93. The predicted molar refractivity (Wildman–Crippen MR) is 87.3 cm³/mol. The summed E-state index contributed by atoms with van der Waals surface area (Å²) in [5, 5.41) is 6.13. The minimum Gasteiger partial charge on any atom is -0.361 e. The highest BCUT2D eigenvalue weighted by molar-refractivity contribution is 6.32. The van der Waals surface area contributed by atoms with Gasteiger partial charge in [0.25, 0.3) is 5.91 Å². The average Bonchev–Trinajstić information content (AvgIpc) is 2.77. The van der Waals surface area contributed by atoms with E-state index in [1.165, 1.54) is 11.1 Å². The molecule has 0 saturated carbocycles. The van der Waals surface area contributed by atoms with E-state index >= 15 is 0 Å². The van der Waals surface area contributed by atoms with Crippen LogP contribution in [0.5, 0.6) is 0 Å². The Morgan fingerprint density at radius 3 is 2.57 bits per heavy atom. The fourth-order valence-corrected chi connectivity index (χ4v) is 2.56. The van der Waals surface area contributed by atoms with E-state index in [2.05, 4.69) is 36.6 Å². The molecule has 106 valence electrons. The van der Waals surface area contributed by atoms with Crippen LogP contribution in [0, 0.1) is 20.8 Å². The molecule has 1 aliphatic heterocycles. The number of rotatable bonds is 2. The highest BCUT2D eigenvalue weighted by atomic mass is 16.2. The van der Waals surface area contributed by atoms with Gasteiger partial charge in [0, 0.05) is 23.1 Å². The molecule has 1 heterocycles. The van der Waals surface area contributed by atoms with Crippen LogP contribution >= 0.6 is 0 Å². The van der Waals surface area contributed by atoms with E-state index in [1.54, 1.807) is 6.20 Å². The maximum atomic E-state index is 12.1. The van der Waals surface area contributed by atoms with Gasteiger partial charge in [-0.05, 0) is 55.7 Å². The van der Waals surface area contributed by atoms with Gasteiger partial charge in [0.2, 0.25) is 0 Å². The Morgan fingerprint density at radius 2 is 1.81 bits per heavy atom. The number of carbonyl (C=O) groups excluding carboxylic acids is 1. The topological polar surface area (TPSA) is 41.1 Å². The number of hydrogen-bond acceptors (Lipinski definition) is 2. The van der Waals surface area contributed by atoms with Gasteiger partial charge in [-0.2, -0.15) is 0 Å². The average molecular weight is 278 g/mol. The highest BCUT2D eigenvalue weighted by Crippen LogP contribution is 2.34. The van der Waals surface area contributed by atoms with Crippen molar-refractivity contribution in [3.8, 4) is 0 Å². The summed E-state index contributed by atoms with van der Waals surface area (Å²) in [7, 11) is 0. The van der Waals surface area contributed by atoms with Gasteiger partial charge >= 0.3 is 0 Å². The second-order valence-electron chi connectivity index (χ2n) is 5.45. The van der Waals surface area contributed by atoms with Crippen LogP contribution in [0.4, 0.5) is 11.4 Å². The lowest BCUT2D eigenvalue weighted by atomic mass is 10.0. The number of aryl methyl sites for hydroxylation is 3. The minimum absolute atomic E-state index is 0.0596. The van der Waals surface area contributed by atoms with Crippen LogP contribution in [0.2, 0.25) is 0 Å². The summed E-state index contributed by atoms with van der Waals surface area (Å²) in [6.45, 7) is 6.18. The van der Waals surface area contributed by atoms with Crippen LogP contribution in [0.3, 0.4) is 0 Å². The fraction of sp³-hybridized carbons (Fsp3) is 0.167. The van der Waals surface area contributed by atoms with Crippen LogP contribution in [-0.2, 0) is 4.79 Å². The first-order valence-electron chi connectivity index (χ1n) is 7.01. The molecule has 21 heavy (non-hydrogen) atoms.